The topological polar surface area (TPSA) is 125 Å². The van der Waals surface area contributed by atoms with Crippen molar-refractivity contribution < 1.29 is 4.79 Å². The third kappa shape index (κ3) is 8.01. The second-order valence-corrected chi connectivity index (χ2v) is 6.40. The van der Waals surface area contributed by atoms with E-state index in [9.17, 15) is 4.79 Å². The molecule has 0 unspecified atom stereocenters. The number of nitrogens with one attached hydrogen (secondary N) is 2. The van der Waals surface area contributed by atoms with Gasteiger partial charge in [-0.15, -0.1) is 0 Å². The van der Waals surface area contributed by atoms with Gasteiger partial charge in [0.1, 0.15) is 6.54 Å². The average molecular weight is 321 g/mol. The van der Waals surface area contributed by atoms with Crippen molar-refractivity contribution in [3.8, 4) is 0 Å². The number of H-pyrrole nitrogens is 1. The van der Waals surface area contributed by atoms with Crippen molar-refractivity contribution in [2.75, 3.05) is 12.3 Å². The minimum atomic E-state index is -0.285. The molecule has 0 bridgehead atoms. The summed E-state index contributed by atoms with van der Waals surface area (Å²) >= 11 is 0. The van der Waals surface area contributed by atoms with Crippen LogP contribution >= 0.6 is 0 Å². The molecule has 8 heteroatoms. The van der Waals surface area contributed by atoms with Crippen molar-refractivity contribution in [3.63, 3.8) is 0 Å². The maximum atomic E-state index is 11.8. The lowest BCUT2D eigenvalue weighted by molar-refractivity contribution is -0.123. The van der Waals surface area contributed by atoms with E-state index < -0.39 is 0 Å². The number of aromatic amines is 1. The van der Waals surface area contributed by atoms with Crippen molar-refractivity contribution in [1.82, 2.24) is 20.3 Å². The zero-order valence-corrected chi connectivity index (χ0v) is 14.1. The Labute approximate surface area is 137 Å². The normalized spacial score (nSPS) is 12.1. The summed E-state index contributed by atoms with van der Waals surface area (Å²) < 4.78 is 0. The average Bonchev–Trinajstić information content (AvgIpc) is 2.80. The Morgan fingerprint density at radius 2 is 2.26 bits per heavy atom. The Morgan fingerprint density at radius 1 is 1.57 bits per heavy atom. The maximum Gasteiger partial charge on any atom is 0.241 e. The second-order valence-electron chi connectivity index (χ2n) is 6.40. The number of rotatable bonds is 8. The molecule has 1 aromatic rings. The summed E-state index contributed by atoms with van der Waals surface area (Å²) in [5.41, 5.74) is 6.94. The summed E-state index contributed by atoms with van der Waals surface area (Å²) in [7, 11) is 0. The number of allylic oxidation sites excluding steroid dienone is 1. The van der Waals surface area contributed by atoms with Crippen LogP contribution < -0.4 is 16.9 Å². The van der Waals surface area contributed by atoms with E-state index in [1.165, 1.54) is 5.01 Å². The van der Waals surface area contributed by atoms with Crippen LogP contribution in [-0.2, 0) is 11.2 Å². The van der Waals surface area contributed by atoms with Gasteiger partial charge in [0.25, 0.3) is 0 Å². The molecule has 0 saturated heterocycles. The van der Waals surface area contributed by atoms with Crippen LogP contribution in [0.15, 0.2) is 23.1 Å². The number of carbonyl (C=O) groups is 1. The van der Waals surface area contributed by atoms with Crippen LogP contribution in [0.25, 0.3) is 0 Å². The van der Waals surface area contributed by atoms with Gasteiger partial charge >= 0.3 is 0 Å². The Kier molecular flexibility index (Phi) is 6.77. The largest absolute Gasteiger partial charge is 0.369 e. The standard InChI is InChI=1S/C15H27N7O/c1-15(2,3)21-13(23)10-22(17)9-12(18-4)7-5-6-11-8-19-14(16)20-11/h8-9H,4-7,10,17H2,1-3H3,(H,21,23)(H3,16,19,20)/b12-9-. The van der Waals surface area contributed by atoms with Gasteiger partial charge in [-0.25, -0.2) is 10.8 Å². The number of hydrogen-bond acceptors (Lipinski definition) is 6. The van der Waals surface area contributed by atoms with Crippen molar-refractivity contribution in [2.45, 2.75) is 45.6 Å². The van der Waals surface area contributed by atoms with E-state index in [2.05, 4.69) is 27.0 Å². The molecule has 0 saturated carbocycles. The van der Waals surface area contributed by atoms with Crippen molar-refractivity contribution in [1.29, 1.82) is 0 Å². The minimum absolute atomic E-state index is 0.0629. The first-order chi connectivity index (χ1) is 10.7. The van der Waals surface area contributed by atoms with Gasteiger partial charge < -0.3 is 21.0 Å². The summed E-state index contributed by atoms with van der Waals surface area (Å²) in [4.78, 5) is 22.7. The third-order valence-electron chi connectivity index (χ3n) is 2.89. The molecule has 1 amide bonds. The molecular weight excluding hydrogens is 294 g/mol. The fourth-order valence-electron chi connectivity index (χ4n) is 2.01. The summed E-state index contributed by atoms with van der Waals surface area (Å²) in [6, 6.07) is 0. The van der Waals surface area contributed by atoms with Crippen LogP contribution in [-0.4, -0.2) is 39.7 Å². The van der Waals surface area contributed by atoms with Crippen LogP contribution in [0.5, 0.6) is 0 Å². The minimum Gasteiger partial charge on any atom is -0.369 e. The van der Waals surface area contributed by atoms with E-state index in [4.69, 9.17) is 11.6 Å². The van der Waals surface area contributed by atoms with Gasteiger partial charge in [-0.1, -0.05) is 0 Å². The number of aliphatic imine (C=N–C) groups is 1. The quantitative estimate of drug-likeness (QED) is 0.322. The van der Waals surface area contributed by atoms with Crippen molar-refractivity contribution >= 4 is 18.6 Å². The van der Waals surface area contributed by atoms with Crippen LogP contribution in [0, 0.1) is 0 Å². The maximum absolute atomic E-state index is 11.8. The van der Waals surface area contributed by atoms with Crippen LogP contribution in [0.1, 0.15) is 39.3 Å². The van der Waals surface area contributed by atoms with E-state index >= 15 is 0 Å². The Hall–Kier alpha value is -2.35. The molecule has 1 heterocycles. The third-order valence-corrected chi connectivity index (χ3v) is 2.89. The molecule has 8 nitrogen and oxygen atoms in total. The molecule has 0 radical (unpaired) electrons. The SMILES string of the molecule is C=N/C(=C\N(N)CC(=O)NC(C)(C)C)CCCc1cnc(N)[nH]1. The first-order valence-corrected chi connectivity index (χ1v) is 7.49. The Morgan fingerprint density at radius 3 is 2.78 bits per heavy atom. The molecule has 0 aliphatic rings. The monoisotopic (exact) mass is 321 g/mol. The van der Waals surface area contributed by atoms with Crippen LogP contribution in [0.3, 0.4) is 0 Å². The predicted molar refractivity (Wildman–Crippen MR) is 92.4 cm³/mol. The first kappa shape index (κ1) is 18.7. The highest BCUT2D eigenvalue weighted by molar-refractivity contribution is 5.78. The highest BCUT2D eigenvalue weighted by Crippen LogP contribution is 2.11. The number of nitrogens with zero attached hydrogens (tertiary/aromatic N) is 3. The number of amides is 1. The zero-order chi connectivity index (χ0) is 17.5. The molecule has 23 heavy (non-hydrogen) atoms. The number of imidazole rings is 1. The lowest BCUT2D eigenvalue weighted by atomic mass is 10.1. The van der Waals surface area contributed by atoms with Crippen molar-refractivity contribution in [2.24, 2.45) is 10.8 Å². The number of carbonyl (C=O) groups excluding carboxylic acids is 1. The first-order valence-electron chi connectivity index (χ1n) is 7.49. The molecule has 0 aromatic carbocycles. The van der Waals surface area contributed by atoms with Crippen LogP contribution in [0.4, 0.5) is 5.95 Å². The van der Waals surface area contributed by atoms with Gasteiger partial charge in [-0.05, 0) is 46.8 Å². The fraction of sp³-hybridized carbons (Fsp3) is 0.533. The number of aryl methyl sites for hydroxylation is 1. The van der Waals surface area contributed by atoms with Gasteiger partial charge in [0, 0.05) is 17.4 Å². The molecule has 6 N–H and O–H groups in total. The summed E-state index contributed by atoms with van der Waals surface area (Å²) in [5.74, 6) is 6.10. The smallest absolute Gasteiger partial charge is 0.241 e. The predicted octanol–water partition coefficient (Wildman–Crippen LogP) is 0.947. The lowest BCUT2D eigenvalue weighted by Crippen LogP contribution is -2.46. The second kappa shape index (κ2) is 8.33. The number of aromatic nitrogens is 2. The fourth-order valence-corrected chi connectivity index (χ4v) is 2.01. The number of nitrogens with two attached hydrogens (primary N) is 2. The highest BCUT2D eigenvalue weighted by atomic mass is 16.2. The van der Waals surface area contributed by atoms with E-state index in [0.29, 0.717) is 12.4 Å². The summed E-state index contributed by atoms with van der Waals surface area (Å²) in [5, 5.41) is 4.17. The molecule has 0 aliphatic heterocycles. The summed E-state index contributed by atoms with van der Waals surface area (Å²) in [6.07, 6.45) is 5.68. The lowest BCUT2D eigenvalue weighted by Gasteiger charge is -2.22. The summed E-state index contributed by atoms with van der Waals surface area (Å²) in [6.45, 7) is 9.36. The Bertz CT molecular complexity index is 556. The Balaban J connectivity index is 2.44. The van der Waals surface area contributed by atoms with E-state index in [-0.39, 0.29) is 18.0 Å². The number of hydrogen-bond donors (Lipinski definition) is 4. The van der Waals surface area contributed by atoms with Crippen molar-refractivity contribution in [3.05, 3.63) is 23.8 Å². The molecule has 0 fully saturated rings. The number of hydrazine groups is 1. The van der Waals surface area contributed by atoms with Crippen LogP contribution in [0.2, 0.25) is 0 Å². The van der Waals surface area contributed by atoms with Gasteiger partial charge in [-0.2, -0.15) is 0 Å². The van der Waals surface area contributed by atoms with Gasteiger partial charge in [0.2, 0.25) is 5.91 Å². The van der Waals surface area contributed by atoms with Gasteiger partial charge in [0.15, 0.2) is 5.95 Å². The molecule has 128 valence electrons. The number of nitrogen functional groups attached to an aromatic ring is 1. The number of anilines is 1. The van der Waals surface area contributed by atoms with Gasteiger partial charge in [0.05, 0.1) is 11.9 Å². The van der Waals surface area contributed by atoms with Gasteiger partial charge in [-0.3, -0.25) is 9.79 Å². The molecule has 0 aliphatic carbocycles. The van der Waals surface area contributed by atoms with E-state index in [1.807, 2.05) is 20.8 Å². The molecule has 1 aromatic heterocycles. The molecule has 0 spiro atoms. The highest BCUT2D eigenvalue weighted by Gasteiger charge is 2.14. The zero-order valence-electron chi connectivity index (χ0n) is 14.1. The molecular formula is C15H27N7O. The molecule has 0 atom stereocenters. The molecule has 1 rings (SSSR count). The van der Waals surface area contributed by atoms with E-state index in [1.54, 1.807) is 12.4 Å². The van der Waals surface area contributed by atoms with E-state index in [0.717, 1.165) is 24.2 Å².